The van der Waals surface area contributed by atoms with Gasteiger partial charge in [0.15, 0.2) is 0 Å². The Morgan fingerprint density at radius 3 is 2.73 bits per heavy atom. The Labute approximate surface area is 173 Å². The number of nitrogens with zero attached hydrogens (tertiary/aromatic N) is 3. The number of hydrogen-bond donors (Lipinski definition) is 0. The summed E-state index contributed by atoms with van der Waals surface area (Å²) in [5.41, 5.74) is -0.00302. The standard InChI is InChI=1S/C20H14ClF4N3O2/c21-14-9-12(4-5-15(14)22)18-26-19(30-27-18)16-6-7-17(29)28(16)10-11-2-1-3-13(8-11)20(23,24)25/h1-5,8-9,16H,6-7,10H2. The lowest BCUT2D eigenvalue weighted by Crippen LogP contribution is -2.27. The summed E-state index contributed by atoms with van der Waals surface area (Å²) in [5.74, 6) is -0.478. The molecule has 0 radical (unpaired) electrons. The number of halogens is 5. The minimum atomic E-state index is -4.47. The number of aromatic nitrogens is 2. The van der Waals surface area contributed by atoms with Gasteiger partial charge in [0.25, 0.3) is 0 Å². The highest BCUT2D eigenvalue weighted by Gasteiger charge is 2.37. The molecule has 2 heterocycles. The van der Waals surface area contributed by atoms with Crippen LogP contribution in [0.25, 0.3) is 11.4 Å². The van der Waals surface area contributed by atoms with Gasteiger partial charge in [-0.3, -0.25) is 4.79 Å². The van der Waals surface area contributed by atoms with Crippen molar-refractivity contribution in [1.29, 1.82) is 0 Å². The van der Waals surface area contributed by atoms with Crippen LogP contribution in [-0.2, 0) is 17.5 Å². The summed E-state index contributed by atoms with van der Waals surface area (Å²) in [6.07, 6.45) is -3.87. The van der Waals surface area contributed by atoms with Gasteiger partial charge in [-0.2, -0.15) is 18.2 Å². The van der Waals surface area contributed by atoms with E-state index in [1.807, 2.05) is 0 Å². The van der Waals surface area contributed by atoms with Crippen molar-refractivity contribution in [3.05, 3.63) is 70.3 Å². The zero-order valence-corrected chi connectivity index (χ0v) is 16.0. The van der Waals surface area contributed by atoms with Gasteiger partial charge in [0.1, 0.15) is 11.9 Å². The molecule has 0 aliphatic carbocycles. The minimum absolute atomic E-state index is 0.0203. The molecular weight excluding hydrogens is 426 g/mol. The first-order chi connectivity index (χ1) is 14.2. The predicted molar refractivity (Wildman–Crippen MR) is 98.7 cm³/mol. The van der Waals surface area contributed by atoms with Crippen LogP contribution in [0.3, 0.4) is 0 Å². The Balaban J connectivity index is 1.58. The highest BCUT2D eigenvalue weighted by atomic mass is 35.5. The summed E-state index contributed by atoms with van der Waals surface area (Å²) in [5, 5.41) is 3.76. The number of benzene rings is 2. The van der Waals surface area contributed by atoms with Crippen molar-refractivity contribution in [2.45, 2.75) is 31.6 Å². The summed E-state index contributed by atoms with van der Waals surface area (Å²) >= 11 is 5.78. The van der Waals surface area contributed by atoms with Crippen molar-refractivity contribution in [2.24, 2.45) is 0 Å². The number of rotatable bonds is 4. The number of alkyl halides is 3. The van der Waals surface area contributed by atoms with Crippen LogP contribution in [0.15, 0.2) is 47.0 Å². The van der Waals surface area contributed by atoms with Crippen LogP contribution in [0.4, 0.5) is 17.6 Å². The lowest BCUT2D eigenvalue weighted by atomic mass is 10.1. The molecule has 0 spiro atoms. The van der Waals surface area contributed by atoms with E-state index in [0.717, 1.165) is 12.1 Å². The molecule has 0 saturated carbocycles. The summed E-state index contributed by atoms with van der Waals surface area (Å²) in [6.45, 7) is -0.0203. The largest absolute Gasteiger partial charge is 0.416 e. The topological polar surface area (TPSA) is 59.2 Å². The maximum absolute atomic E-state index is 13.4. The molecule has 1 fully saturated rings. The van der Waals surface area contributed by atoms with E-state index in [0.29, 0.717) is 17.5 Å². The van der Waals surface area contributed by atoms with E-state index >= 15 is 0 Å². The van der Waals surface area contributed by atoms with Gasteiger partial charge >= 0.3 is 6.18 Å². The molecule has 5 nitrogen and oxygen atoms in total. The molecule has 1 amide bonds. The van der Waals surface area contributed by atoms with E-state index in [1.54, 1.807) is 0 Å². The van der Waals surface area contributed by atoms with Crippen LogP contribution in [0, 0.1) is 5.82 Å². The van der Waals surface area contributed by atoms with Crippen molar-refractivity contribution in [3.63, 3.8) is 0 Å². The molecule has 3 aromatic rings. The third kappa shape index (κ3) is 4.02. The highest BCUT2D eigenvalue weighted by Crippen LogP contribution is 2.35. The Hall–Kier alpha value is -2.94. The van der Waals surface area contributed by atoms with Gasteiger partial charge in [-0.05, 0) is 42.3 Å². The zero-order chi connectivity index (χ0) is 21.5. The summed E-state index contributed by atoms with van der Waals surface area (Å²) < 4.78 is 57.6. The second-order valence-electron chi connectivity index (χ2n) is 6.86. The lowest BCUT2D eigenvalue weighted by Gasteiger charge is -2.22. The van der Waals surface area contributed by atoms with E-state index in [2.05, 4.69) is 10.1 Å². The molecule has 1 atom stereocenters. The Morgan fingerprint density at radius 2 is 2.00 bits per heavy atom. The van der Waals surface area contributed by atoms with Gasteiger partial charge in [-0.1, -0.05) is 28.9 Å². The average Bonchev–Trinajstić information content (AvgIpc) is 3.31. The first-order valence-corrected chi connectivity index (χ1v) is 9.35. The normalized spacial score (nSPS) is 17.0. The van der Waals surface area contributed by atoms with E-state index in [4.69, 9.17) is 16.1 Å². The lowest BCUT2D eigenvalue weighted by molar-refractivity contribution is -0.137. The fourth-order valence-electron chi connectivity index (χ4n) is 3.35. The molecule has 2 aromatic carbocycles. The van der Waals surface area contributed by atoms with E-state index < -0.39 is 23.6 Å². The van der Waals surface area contributed by atoms with Gasteiger partial charge in [0, 0.05) is 18.5 Å². The van der Waals surface area contributed by atoms with Crippen LogP contribution in [0.2, 0.25) is 5.02 Å². The minimum Gasteiger partial charge on any atom is -0.337 e. The van der Waals surface area contributed by atoms with Gasteiger partial charge in [-0.25, -0.2) is 4.39 Å². The number of carbonyl (C=O) groups is 1. The number of likely N-dealkylation sites (tertiary alicyclic amines) is 1. The zero-order valence-electron chi connectivity index (χ0n) is 15.3. The van der Waals surface area contributed by atoms with Crippen LogP contribution in [0.5, 0.6) is 0 Å². The molecule has 156 valence electrons. The fourth-order valence-corrected chi connectivity index (χ4v) is 3.53. The van der Waals surface area contributed by atoms with Crippen molar-refractivity contribution in [3.8, 4) is 11.4 Å². The van der Waals surface area contributed by atoms with Gasteiger partial charge < -0.3 is 9.42 Å². The molecule has 1 aromatic heterocycles. The first-order valence-electron chi connectivity index (χ1n) is 8.97. The Bertz CT molecular complexity index is 1100. The molecule has 1 aliphatic heterocycles. The van der Waals surface area contributed by atoms with E-state index in [9.17, 15) is 22.4 Å². The van der Waals surface area contributed by atoms with E-state index in [1.165, 1.54) is 35.2 Å². The van der Waals surface area contributed by atoms with Gasteiger partial charge in [0.2, 0.25) is 17.6 Å². The number of hydrogen-bond acceptors (Lipinski definition) is 4. The monoisotopic (exact) mass is 439 g/mol. The fraction of sp³-hybridized carbons (Fsp3) is 0.250. The van der Waals surface area contributed by atoms with Gasteiger partial charge in [0.05, 0.1) is 10.6 Å². The maximum atomic E-state index is 13.4. The molecular formula is C20H14ClF4N3O2. The Morgan fingerprint density at radius 1 is 1.20 bits per heavy atom. The second-order valence-corrected chi connectivity index (χ2v) is 7.27. The Kier molecular flexibility index (Phi) is 5.23. The quantitative estimate of drug-likeness (QED) is 0.510. The number of carbonyl (C=O) groups excluding carboxylic acids is 1. The van der Waals surface area contributed by atoms with Crippen molar-refractivity contribution in [2.75, 3.05) is 0 Å². The van der Waals surface area contributed by atoms with Crippen LogP contribution >= 0.6 is 11.6 Å². The van der Waals surface area contributed by atoms with E-state index in [-0.39, 0.29) is 35.6 Å². The smallest absolute Gasteiger partial charge is 0.337 e. The van der Waals surface area contributed by atoms with Crippen molar-refractivity contribution < 1.29 is 26.9 Å². The second kappa shape index (κ2) is 7.71. The molecule has 4 rings (SSSR count). The summed E-state index contributed by atoms with van der Waals surface area (Å²) in [7, 11) is 0. The third-order valence-corrected chi connectivity index (χ3v) is 5.13. The summed E-state index contributed by atoms with van der Waals surface area (Å²) in [4.78, 5) is 18.1. The molecule has 1 unspecified atom stereocenters. The molecule has 0 N–H and O–H groups in total. The maximum Gasteiger partial charge on any atom is 0.416 e. The third-order valence-electron chi connectivity index (χ3n) is 4.84. The SMILES string of the molecule is O=C1CCC(c2nc(-c3ccc(F)c(Cl)c3)no2)N1Cc1cccc(C(F)(F)F)c1. The van der Waals surface area contributed by atoms with Crippen molar-refractivity contribution in [1.82, 2.24) is 15.0 Å². The van der Waals surface area contributed by atoms with Crippen LogP contribution in [-0.4, -0.2) is 20.9 Å². The molecule has 10 heteroatoms. The van der Waals surface area contributed by atoms with Gasteiger partial charge in [-0.15, -0.1) is 0 Å². The number of amides is 1. The van der Waals surface area contributed by atoms with Crippen LogP contribution < -0.4 is 0 Å². The molecule has 30 heavy (non-hydrogen) atoms. The highest BCUT2D eigenvalue weighted by molar-refractivity contribution is 6.31. The van der Waals surface area contributed by atoms with Crippen molar-refractivity contribution >= 4 is 17.5 Å². The first kappa shape index (κ1) is 20.3. The molecule has 1 aliphatic rings. The van der Waals surface area contributed by atoms with Crippen LogP contribution in [0.1, 0.15) is 35.9 Å². The summed E-state index contributed by atoms with van der Waals surface area (Å²) in [6, 6.07) is 8.22. The molecule has 1 saturated heterocycles. The predicted octanol–water partition coefficient (Wildman–Crippen LogP) is 5.41. The average molecular weight is 440 g/mol. The molecule has 0 bridgehead atoms.